The van der Waals surface area contributed by atoms with Crippen LogP contribution in [0.1, 0.15) is 5.56 Å². The third-order valence-electron chi connectivity index (χ3n) is 3.99. The summed E-state index contributed by atoms with van der Waals surface area (Å²) >= 11 is 0.393. The van der Waals surface area contributed by atoms with Gasteiger partial charge in [0, 0.05) is 0 Å². The normalized spacial score (nSPS) is 11.3. The second-order valence-corrected chi connectivity index (χ2v) is 7.21. The Hall–Kier alpha value is -1.96. The van der Waals surface area contributed by atoms with Crippen molar-refractivity contribution in [2.45, 2.75) is 6.92 Å². The number of rotatable bonds is 1. The molecular weight excluding hydrogens is 323 g/mol. The van der Waals surface area contributed by atoms with E-state index in [2.05, 4.69) is 77.3 Å². The Kier molecular flexibility index (Phi) is 2.91. The molecule has 4 aromatic rings. The summed E-state index contributed by atoms with van der Waals surface area (Å²) in [5.41, 5.74) is 5.00. The summed E-state index contributed by atoms with van der Waals surface area (Å²) in [6, 6.07) is 15.3. The molecule has 4 rings (SSSR count). The van der Waals surface area contributed by atoms with Gasteiger partial charge in [-0.3, -0.25) is 0 Å². The minimum atomic E-state index is 0.393. The van der Waals surface area contributed by atoms with Crippen molar-refractivity contribution in [2.24, 2.45) is 7.05 Å². The van der Waals surface area contributed by atoms with Crippen LogP contribution < -0.4 is 4.57 Å². The summed E-state index contributed by atoms with van der Waals surface area (Å²) in [6.07, 6.45) is 2.15. The molecule has 0 saturated carbocycles. The van der Waals surface area contributed by atoms with E-state index < -0.39 is 0 Å². The van der Waals surface area contributed by atoms with E-state index in [-0.39, 0.29) is 0 Å². The van der Waals surface area contributed by atoms with E-state index in [1.165, 1.54) is 31.9 Å². The molecule has 2 aromatic carbocycles. The maximum atomic E-state index is 4.53. The predicted octanol–water partition coefficient (Wildman–Crippen LogP) is 3.24. The first-order valence-corrected chi connectivity index (χ1v) is 8.80. The molecule has 0 radical (unpaired) electrons. The van der Waals surface area contributed by atoms with Crippen molar-refractivity contribution in [3.8, 4) is 11.3 Å². The Morgan fingerprint density at radius 2 is 1.95 bits per heavy atom. The van der Waals surface area contributed by atoms with Crippen molar-refractivity contribution in [1.82, 2.24) is 4.98 Å². The summed E-state index contributed by atoms with van der Waals surface area (Å²) in [5.74, 6) is 0. The molecule has 0 atom stereocenters. The fourth-order valence-corrected chi connectivity index (χ4v) is 4.38. The summed E-state index contributed by atoms with van der Waals surface area (Å²) in [7, 11) is 2.11. The standard InChI is InChI=1S/C18H15N2Se/c1-12-5-3-4-6-14(12)18-15-10-16-17(21-11-19-16)9-13(15)7-8-20(18)2/h3-11H,1-2H3/q+1. The second-order valence-electron chi connectivity index (χ2n) is 5.35. The van der Waals surface area contributed by atoms with Gasteiger partial charge in [-0.2, -0.15) is 0 Å². The van der Waals surface area contributed by atoms with Crippen molar-refractivity contribution in [2.75, 3.05) is 0 Å². The number of fused-ring (bicyclic) bond motifs is 2. The van der Waals surface area contributed by atoms with E-state index in [1.54, 1.807) is 0 Å². The van der Waals surface area contributed by atoms with E-state index in [1.807, 2.05) is 0 Å². The minimum absolute atomic E-state index is 0.393. The molecule has 2 aromatic heterocycles. The van der Waals surface area contributed by atoms with Crippen molar-refractivity contribution >= 4 is 35.1 Å². The fraction of sp³-hybridized carbons (Fsp3) is 0.111. The molecule has 0 spiro atoms. The van der Waals surface area contributed by atoms with Gasteiger partial charge in [0.15, 0.2) is 0 Å². The van der Waals surface area contributed by atoms with E-state index in [4.69, 9.17) is 0 Å². The molecule has 0 N–H and O–H groups in total. The first-order chi connectivity index (χ1) is 10.2. The van der Waals surface area contributed by atoms with Crippen LogP contribution in [0, 0.1) is 6.92 Å². The third kappa shape index (κ3) is 2.01. The number of hydrogen-bond acceptors (Lipinski definition) is 1. The van der Waals surface area contributed by atoms with Gasteiger partial charge in [0.25, 0.3) is 0 Å². The Bertz CT molecular complexity index is 969. The Labute approximate surface area is 129 Å². The van der Waals surface area contributed by atoms with Crippen LogP contribution >= 0.6 is 0 Å². The molecule has 0 bridgehead atoms. The topological polar surface area (TPSA) is 16.8 Å². The Balaban J connectivity index is 2.16. The van der Waals surface area contributed by atoms with Gasteiger partial charge in [0.1, 0.15) is 0 Å². The average molecular weight is 338 g/mol. The molecule has 0 aliphatic rings. The monoisotopic (exact) mass is 339 g/mol. The molecule has 0 aliphatic heterocycles. The van der Waals surface area contributed by atoms with Crippen LogP contribution in [0.2, 0.25) is 0 Å². The number of hydrogen-bond donors (Lipinski definition) is 0. The van der Waals surface area contributed by atoms with E-state index >= 15 is 0 Å². The number of aryl methyl sites for hydroxylation is 2. The molecule has 2 nitrogen and oxygen atoms in total. The van der Waals surface area contributed by atoms with Crippen molar-refractivity contribution in [3.05, 3.63) is 59.3 Å². The van der Waals surface area contributed by atoms with Crippen molar-refractivity contribution in [3.63, 3.8) is 0 Å². The molecule has 3 heteroatoms. The van der Waals surface area contributed by atoms with Crippen LogP contribution in [0.3, 0.4) is 0 Å². The van der Waals surface area contributed by atoms with Crippen molar-refractivity contribution in [1.29, 1.82) is 0 Å². The third-order valence-corrected chi connectivity index (χ3v) is 5.65. The van der Waals surface area contributed by atoms with Gasteiger partial charge < -0.3 is 0 Å². The summed E-state index contributed by atoms with van der Waals surface area (Å²) < 4.78 is 3.60. The molecule has 2 heterocycles. The van der Waals surface area contributed by atoms with Gasteiger partial charge in [-0.05, 0) is 0 Å². The number of nitrogens with zero attached hydrogens (tertiary/aromatic N) is 2. The molecule has 21 heavy (non-hydrogen) atoms. The number of benzene rings is 2. The molecule has 0 saturated heterocycles. The van der Waals surface area contributed by atoms with Crippen LogP contribution in [0.25, 0.3) is 31.8 Å². The van der Waals surface area contributed by atoms with Gasteiger partial charge in [-0.15, -0.1) is 0 Å². The molecular formula is C18H15N2Se+. The summed E-state index contributed by atoms with van der Waals surface area (Å²) in [6.45, 7) is 2.17. The average Bonchev–Trinajstić information content (AvgIpc) is 2.94. The fourth-order valence-electron chi connectivity index (χ4n) is 2.89. The van der Waals surface area contributed by atoms with Crippen LogP contribution in [-0.4, -0.2) is 19.5 Å². The van der Waals surface area contributed by atoms with Gasteiger partial charge >= 0.3 is 129 Å². The second kappa shape index (κ2) is 4.80. The van der Waals surface area contributed by atoms with Crippen LogP contribution in [0.4, 0.5) is 0 Å². The summed E-state index contributed by atoms with van der Waals surface area (Å²) in [4.78, 5) is 4.53. The molecule has 0 fully saturated rings. The molecule has 0 aliphatic carbocycles. The quantitative estimate of drug-likeness (QED) is 0.385. The number of pyridine rings is 1. The van der Waals surface area contributed by atoms with E-state index in [0.717, 1.165) is 5.52 Å². The van der Waals surface area contributed by atoms with Crippen molar-refractivity contribution < 1.29 is 4.57 Å². The summed E-state index contributed by atoms with van der Waals surface area (Å²) in [5, 5.41) is 4.64. The first kappa shape index (κ1) is 12.8. The zero-order valence-electron chi connectivity index (χ0n) is 12.0. The van der Waals surface area contributed by atoms with Crippen LogP contribution in [0.15, 0.2) is 53.7 Å². The van der Waals surface area contributed by atoms with Gasteiger partial charge in [0.05, 0.1) is 0 Å². The zero-order valence-corrected chi connectivity index (χ0v) is 13.7. The molecule has 0 amide bonds. The number of aromatic nitrogens is 2. The Morgan fingerprint density at radius 3 is 2.81 bits per heavy atom. The Morgan fingerprint density at radius 1 is 1.10 bits per heavy atom. The SMILES string of the molecule is Cc1ccccc1-c1c2cc3nc[se]c3cc2cc[n+]1C. The van der Waals surface area contributed by atoms with Gasteiger partial charge in [0.2, 0.25) is 0 Å². The van der Waals surface area contributed by atoms with E-state index in [9.17, 15) is 0 Å². The van der Waals surface area contributed by atoms with Crippen LogP contribution in [0.5, 0.6) is 0 Å². The first-order valence-electron chi connectivity index (χ1n) is 6.95. The van der Waals surface area contributed by atoms with Gasteiger partial charge in [-0.1, -0.05) is 0 Å². The predicted molar refractivity (Wildman–Crippen MR) is 87.5 cm³/mol. The maximum absolute atomic E-state index is 4.53. The van der Waals surface area contributed by atoms with Crippen LogP contribution in [-0.2, 0) is 7.05 Å². The van der Waals surface area contributed by atoms with E-state index in [0.29, 0.717) is 14.5 Å². The molecule has 0 unspecified atom stereocenters. The zero-order chi connectivity index (χ0) is 14.4. The van der Waals surface area contributed by atoms with Gasteiger partial charge in [-0.25, -0.2) is 0 Å². The molecule has 102 valence electrons.